The summed E-state index contributed by atoms with van der Waals surface area (Å²) in [5, 5.41) is 13.3. The number of aromatic nitrogens is 3. The van der Waals surface area contributed by atoms with E-state index in [0.29, 0.717) is 24.3 Å². The van der Waals surface area contributed by atoms with E-state index in [1.54, 1.807) is 35.0 Å². The maximum atomic E-state index is 12.8. The zero-order valence-corrected chi connectivity index (χ0v) is 12.7. The van der Waals surface area contributed by atoms with Gasteiger partial charge in [0.1, 0.15) is 18.7 Å². The number of piperazine rings is 1. The molecule has 1 amide bonds. The van der Waals surface area contributed by atoms with Crippen LogP contribution in [0.4, 0.5) is 0 Å². The summed E-state index contributed by atoms with van der Waals surface area (Å²) in [5.41, 5.74) is 1.10. The molecule has 8 nitrogen and oxygen atoms in total. The van der Waals surface area contributed by atoms with E-state index >= 15 is 0 Å². The SMILES string of the molecule is CN1CCN(C(=O)c2ccccc2-n2cncn2)C[C@@H]1C(=O)O. The Morgan fingerprint density at radius 2 is 2.04 bits per heavy atom. The smallest absolute Gasteiger partial charge is 0.322 e. The minimum absolute atomic E-state index is 0.163. The number of carboxylic acids is 1. The second-order valence-corrected chi connectivity index (χ2v) is 5.44. The number of carbonyl (C=O) groups is 2. The molecule has 2 heterocycles. The molecule has 0 saturated carbocycles. The van der Waals surface area contributed by atoms with Gasteiger partial charge in [0.05, 0.1) is 11.3 Å². The molecule has 2 aromatic rings. The molecule has 8 heteroatoms. The number of carbonyl (C=O) groups excluding carboxylic acids is 1. The first-order chi connectivity index (χ1) is 11.1. The third kappa shape index (κ3) is 2.93. The van der Waals surface area contributed by atoms with Gasteiger partial charge in [-0.05, 0) is 19.2 Å². The Labute approximate surface area is 133 Å². The van der Waals surface area contributed by atoms with Crippen molar-refractivity contribution in [3.05, 3.63) is 42.5 Å². The molecule has 0 aliphatic carbocycles. The lowest BCUT2D eigenvalue weighted by Gasteiger charge is -2.37. The fourth-order valence-corrected chi connectivity index (χ4v) is 2.68. The molecule has 1 aromatic carbocycles. The number of carboxylic acid groups (broad SMARTS) is 1. The van der Waals surface area contributed by atoms with Crippen molar-refractivity contribution >= 4 is 11.9 Å². The van der Waals surface area contributed by atoms with E-state index in [2.05, 4.69) is 10.1 Å². The highest BCUT2D eigenvalue weighted by Crippen LogP contribution is 2.18. The molecule has 120 valence electrons. The van der Waals surface area contributed by atoms with E-state index in [0.717, 1.165) is 0 Å². The lowest BCUT2D eigenvalue weighted by Crippen LogP contribution is -2.56. The average molecular weight is 315 g/mol. The van der Waals surface area contributed by atoms with Gasteiger partial charge in [0.2, 0.25) is 0 Å². The van der Waals surface area contributed by atoms with Crippen molar-refractivity contribution in [1.29, 1.82) is 0 Å². The normalized spacial score (nSPS) is 18.8. The molecule has 23 heavy (non-hydrogen) atoms. The van der Waals surface area contributed by atoms with Crippen LogP contribution in [0.3, 0.4) is 0 Å². The Hall–Kier alpha value is -2.74. The maximum absolute atomic E-state index is 12.8. The van der Waals surface area contributed by atoms with Crippen LogP contribution in [0.1, 0.15) is 10.4 Å². The van der Waals surface area contributed by atoms with Gasteiger partial charge in [0.15, 0.2) is 0 Å². The van der Waals surface area contributed by atoms with Gasteiger partial charge < -0.3 is 10.0 Å². The average Bonchev–Trinajstić information content (AvgIpc) is 3.08. The third-order valence-electron chi connectivity index (χ3n) is 4.02. The van der Waals surface area contributed by atoms with E-state index in [1.165, 1.54) is 17.3 Å². The lowest BCUT2D eigenvalue weighted by molar-refractivity contribution is -0.144. The molecule has 0 unspecified atom stereocenters. The first-order valence-electron chi connectivity index (χ1n) is 7.24. The third-order valence-corrected chi connectivity index (χ3v) is 4.02. The van der Waals surface area contributed by atoms with Crippen molar-refractivity contribution < 1.29 is 14.7 Å². The quantitative estimate of drug-likeness (QED) is 0.864. The predicted molar refractivity (Wildman–Crippen MR) is 81.3 cm³/mol. The van der Waals surface area contributed by atoms with Crippen LogP contribution < -0.4 is 0 Å². The summed E-state index contributed by atoms with van der Waals surface area (Å²) in [6.07, 6.45) is 2.92. The van der Waals surface area contributed by atoms with Crippen molar-refractivity contribution in [3.63, 3.8) is 0 Å². The van der Waals surface area contributed by atoms with E-state index in [9.17, 15) is 14.7 Å². The summed E-state index contributed by atoms with van der Waals surface area (Å²) in [5.74, 6) is -1.12. The van der Waals surface area contributed by atoms with Gasteiger partial charge in [-0.15, -0.1) is 0 Å². The summed E-state index contributed by atoms with van der Waals surface area (Å²) in [6.45, 7) is 1.18. The lowest BCUT2D eigenvalue weighted by atomic mass is 10.1. The van der Waals surface area contributed by atoms with Crippen molar-refractivity contribution in [2.45, 2.75) is 6.04 Å². The predicted octanol–water partition coefficient (Wildman–Crippen LogP) is 0.108. The van der Waals surface area contributed by atoms with Crippen LogP contribution in [0.25, 0.3) is 5.69 Å². The van der Waals surface area contributed by atoms with Crippen LogP contribution in [0.15, 0.2) is 36.9 Å². The number of nitrogens with zero attached hydrogens (tertiary/aromatic N) is 5. The molecule has 1 aliphatic heterocycles. The molecule has 0 radical (unpaired) electrons. The van der Waals surface area contributed by atoms with Gasteiger partial charge in [0.25, 0.3) is 5.91 Å². The molecule has 3 rings (SSSR count). The Balaban J connectivity index is 1.88. The maximum Gasteiger partial charge on any atom is 0.322 e. The van der Waals surface area contributed by atoms with Crippen LogP contribution in [-0.2, 0) is 4.79 Å². The van der Waals surface area contributed by atoms with Crippen LogP contribution >= 0.6 is 0 Å². The molecule has 1 N–H and O–H groups in total. The topological polar surface area (TPSA) is 91.6 Å². The van der Waals surface area contributed by atoms with E-state index < -0.39 is 12.0 Å². The monoisotopic (exact) mass is 315 g/mol. The van der Waals surface area contributed by atoms with Crippen LogP contribution in [-0.4, -0.2) is 74.3 Å². The van der Waals surface area contributed by atoms with Crippen molar-refractivity contribution in [2.24, 2.45) is 0 Å². The Kier molecular flexibility index (Phi) is 4.07. The van der Waals surface area contributed by atoms with Crippen molar-refractivity contribution in [1.82, 2.24) is 24.6 Å². The molecule has 1 aliphatic rings. The van der Waals surface area contributed by atoms with Crippen LogP contribution in [0.5, 0.6) is 0 Å². The van der Waals surface area contributed by atoms with Crippen LogP contribution in [0.2, 0.25) is 0 Å². The summed E-state index contributed by atoms with van der Waals surface area (Å²) >= 11 is 0. The standard InChI is InChI=1S/C15H17N5O3/c1-18-6-7-19(8-13(18)15(22)23)14(21)11-4-2-3-5-12(11)20-10-16-9-17-20/h2-5,9-10,13H,6-8H2,1H3,(H,22,23)/t13-/m1/s1. The molecule has 1 aromatic heterocycles. The fourth-order valence-electron chi connectivity index (χ4n) is 2.68. The number of para-hydroxylation sites is 1. The highest BCUT2D eigenvalue weighted by atomic mass is 16.4. The molecule has 1 atom stereocenters. The van der Waals surface area contributed by atoms with E-state index in [-0.39, 0.29) is 12.5 Å². The Morgan fingerprint density at radius 1 is 1.26 bits per heavy atom. The molecule has 0 bridgehead atoms. The highest BCUT2D eigenvalue weighted by Gasteiger charge is 2.33. The van der Waals surface area contributed by atoms with E-state index in [4.69, 9.17) is 0 Å². The summed E-state index contributed by atoms with van der Waals surface area (Å²) in [6, 6.07) is 6.40. The summed E-state index contributed by atoms with van der Waals surface area (Å²) < 4.78 is 1.53. The minimum Gasteiger partial charge on any atom is -0.480 e. The Bertz CT molecular complexity index is 716. The largest absolute Gasteiger partial charge is 0.480 e. The number of amides is 1. The number of rotatable bonds is 3. The number of likely N-dealkylation sites (N-methyl/N-ethyl adjacent to an activating group) is 1. The first-order valence-corrected chi connectivity index (χ1v) is 7.24. The molecular formula is C15H17N5O3. The molecule has 1 fully saturated rings. The van der Waals surface area contributed by atoms with Gasteiger partial charge in [-0.25, -0.2) is 9.67 Å². The van der Waals surface area contributed by atoms with Gasteiger partial charge in [-0.2, -0.15) is 5.10 Å². The summed E-state index contributed by atoms with van der Waals surface area (Å²) in [7, 11) is 1.75. The van der Waals surface area contributed by atoms with Crippen molar-refractivity contribution in [2.75, 3.05) is 26.7 Å². The Morgan fingerprint density at radius 3 is 2.74 bits per heavy atom. The zero-order chi connectivity index (χ0) is 16.4. The first kappa shape index (κ1) is 15.2. The van der Waals surface area contributed by atoms with Gasteiger partial charge in [-0.1, -0.05) is 12.1 Å². The number of aliphatic carboxylic acids is 1. The molecule has 0 spiro atoms. The minimum atomic E-state index is -0.922. The molecular weight excluding hydrogens is 298 g/mol. The second kappa shape index (κ2) is 6.17. The number of hydrogen-bond acceptors (Lipinski definition) is 5. The van der Waals surface area contributed by atoms with Gasteiger partial charge >= 0.3 is 5.97 Å². The van der Waals surface area contributed by atoms with Gasteiger partial charge in [-0.3, -0.25) is 14.5 Å². The number of benzene rings is 1. The van der Waals surface area contributed by atoms with Gasteiger partial charge in [0, 0.05) is 19.6 Å². The fraction of sp³-hybridized carbons (Fsp3) is 0.333. The zero-order valence-electron chi connectivity index (χ0n) is 12.7. The van der Waals surface area contributed by atoms with Crippen LogP contribution in [0, 0.1) is 0 Å². The van der Waals surface area contributed by atoms with E-state index in [1.807, 2.05) is 6.07 Å². The number of hydrogen-bond donors (Lipinski definition) is 1. The molecule has 1 saturated heterocycles. The van der Waals surface area contributed by atoms with Crippen molar-refractivity contribution in [3.8, 4) is 5.69 Å². The highest BCUT2D eigenvalue weighted by molar-refractivity contribution is 5.98. The summed E-state index contributed by atoms with van der Waals surface area (Å²) in [4.78, 5) is 31.4. The second-order valence-electron chi connectivity index (χ2n) is 5.44.